The number of nitrogens with one attached hydrogen (secondary N) is 1. The Morgan fingerprint density at radius 2 is 2.27 bits per heavy atom. The number of carboxylic acid groups (broad SMARTS) is 1. The van der Waals surface area contributed by atoms with E-state index in [1.807, 2.05) is 6.92 Å². The number of methoxy groups -OCH3 is 1. The van der Waals surface area contributed by atoms with Gasteiger partial charge >= 0.3 is 5.97 Å². The minimum absolute atomic E-state index is 0.192. The van der Waals surface area contributed by atoms with E-state index in [1.165, 1.54) is 7.11 Å². The Balaban J connectivity index is 2.92. The van der Waals surface area contributed by atoms with Crippen LogP contribution in [0.3, 0.4) is 0 Å². The fourth-order valence-corrected chi connectivity index (χ4v) is 1.29. The lowest BCUT2D eigenvalue weighted by atomic mass is 10.1. The number of carboxylic acids is 1. The summed E-state index contributed by atoms with van der Waals surface area (Å²) in [7, 11) is 1.47. The van der Waals surface area contributed by atoms with Crippen LogP contribution >= 0.6 is 0 Å². The molecular formula is C11H15NO3. The Kier molecular flexibility index (Phi) is 4.12. The molecular weight excluding hydrogens is 194 g/mol. The summed E-state index contributed by atoms with van der Waals surface area (Å²) in [5.74, 6) is -0.570. The van der Waals surface area contributed by atoms with Gasteiger partial charge in [0.1, 0.15) is 11.3 Å². The number of benzene rings is 1. The standard InChI is InChI=1S/C11H15NO3/c1-3-12-7-8-4-5-9(11(13)14)10(6-8)15-2/h4-6,12H,3,7H2,1-2H3,(H,13,14). The van der Waals surface area contributed by atoms with Crippen LogP contribution in [0.5, 0.6) is 5.75 Å². The zero-order valence-corrected chi connectivity index (χ0v) is 8.91. The third-order valence-corrected chi connectivity index (χ3v) is 2.08. The number of carbonyl (C=O) groups is 1. The van der Waals surface area contributed by atoms with E-state index in [1.54, 1.807) is 18.2 Å². The molecule has 1 aromatic rings. The molecule has 0 saturated heterocycles. The van der Waals surface area contributed by atoms with Gasteiger partial charge in [0.15, 0.2) is 0 Å². The van der Waals surface area contributed by atoms with E-state index in [0.717, 1.165) is 12.1 Å². The third kappa shape index (κ3) is 2.95. The molecule has 0 spiro atoms. The summed E-state index contributed by atoms with van der Waals surface area (Å²) >= 11 is 0. The zero-order valence-electron chi connectivity index (χ0n) is 8.91. The molecule has 82 valence electrons. The largest absolute Gasteiger partial charge is 0.496 e. The average molecular weight is 209 g/mol. The van der Waals surface area contributed by atoms with Crippen LogP contribution in [0.4, 0.5) is 0 Å². The lowest BCUT2D eigenvalue weighted by Crippen LogP contribution is -2.12. The minimum Gasteiger partial charge on any atom is -0.496 e. The van der Waals surface area contributed by atoms with Crippen molar-refractivity contribution in [3.63, 3.8) is 0 Å². The summed E-state index contributed by atoms with van der Waals surface area (Å²) in [5.41, 5.74) is 1.21. The van der Waals surface area contributed by atoms with Crippen LogP contribution in [0.15, 0.2) is 18.2 Å². The molecule has 0 unspecified atom stereocenters. The van der Waals surface area contributed by atoms with Gasteiger partial charge in [0.25, 0.3) is 0 Å². The molecule has 0 radical (unpaired) electrons. The number of hydrogen-bond donors (Lipinski definition) is 2. The van der Waals surface area contributed by atoms with Crippen LogP contribution in [0.2, 0.25) is 0 Å². The topological polar surface area (TPSA) is 58.6 Å². The van der Waals surface area contributed by atoms with Crippen molar-refractivity contribution >= 4 is 5.97 Å². The smallest absolute Gasteiger partial charge is 0.339 e. The first-order valence-corrected chi connectivity index (χ1v) is 4.80. The first-order valence-electron chi connectivity index (χ1n) is 4.80. The molecule has 0 aliphatic heterocycles. The van der Waals surface area contributed by atoms with Gasteiger partial charge in [0, 0.05) is 6.54 Å². The maximum Gasteiger partial charge on any atom is 0.339 e. The normalized spacial score (nSPS) is 10.0. The van der Waals surface area contributed by atoms with Crippen molar-refractivity contribution in [3.8, 4) is 5.75 Å². The van der Waals surface area contributed by atoms with Crippen LogP contribution < -0.4 is 10.1 Å². The van der Waals surface area contributed by atoms with Crippen molar-refractivity contribution in [1.82, 2.24) is 5.32 Å². The number of hydrogen-bond acceptors (Lipinski definition) is 3. The molecule has 0 heterocycles. The van der Waals surface area contributed by atoms with Gasteiger partial charge < -0.3 is 15.2 Å². The van der Waals surface area contributed by atoms with Crippen molar-refractivity contribution in [2.75, 3.05) is 13.7 Å². The highest BCUT2D eigenvalue weighted by atomic mass is 16.5. The Morgan fingerprint density at radius 1 is 1.53 bits per heavy atom. The molecule has 0 bridgehead atoms. The minimum atomic E-state index is -0.971. The van der Waals surface area contributed by atoms with Gasteiger partial charge in [-0.3, -0.25) is 0 Å². The van der Waals surface area contributed by atoms with E-state index in [0.29, 0.717) is 12.3 Å². The zero-order chi connectivity index (χ0) is 11.3. The van der Waals surface area contributed by atoms with Crippen LogP contribution in [-0.2, 0) is 6.54 Å². The molecule has 0 saturated carbocycles. The number of aromatic carboxylic acids is 1. The van der Waals surface area contributed by atoms with Crippen molar-refractivity contribution in [2.24, 2.45) is 0 Å². The highest BCUT2D eigenvalue weighted by Gasteiger charge is 2.10. The summed E-state index contributed by atoms with van der Waals surface area (Å²) in [6.45, 7) is 3.61. The molecule has 0 fully saturated rings. The second-order valence-electron chi connectivity index (χ2n) is 3.12. The second kappa shape index (κ2) is 5.36. The summed E-state index contributed by atoms with van der Waals surface area (Å²) in [5, 5.41) is 12.0. The van der Waals surface area contributed by atoms with Crippen LogP contribution in [0.1, 0.15) is 22.8 Å². The summed E-state index contributed by atoms with van der Waals surface area (Å²) in [6, 6.07) is 5.09. The SMILES string of the molecule is CCNCc1ccc(C(=O)O)c(OC)c1. The third-order valence-electron chi connectivity index (χ3n) is 2.08. The van der Waals surface area contributed by atoms with Crippen molar-refractivity contribution in [1.29, 1.82) is 0 Å². The molecule has 4 heteroatoms. The Labute approximate surface area is 88.9 Å². The highest BCUT2D eigenvalue weighted by Crippen LogP contribution is 2.20. The Morgan fingerprint density at radius 3 is 2.80 bits per heavy atom. The summed E-state index contributed by atoms with van der Waals surface area (Å²) in [4.78, 5) is 10.8. The van der Waals surface area contributed by atoms with Gasteiger partial charge in [0.05, 0.1) is 7.11 Å². The predicted octanol–water partition coefficient (Wildman–Crippen LogP) is 1.50. The molecule has 0 aliphatic carbocycles. The molecule has 1 aromatic carbocycles. The molecule has 1 rings (SSSR count). The van der Waals surface area contributed by atoms with Gasteiger partial charge in [-0.2, -0.15) is 0 Å². The van der Waals surface area contributed by atoms with Crippen molar-refractivity contribution in [2.45, 2.75) is 13.5 Å². The van der Waals surface area contributed by atoms with E-state index in [2.05, 4.69) is 5.32 Å². The Bertz CT molecular complexity index is 350. The van der Waals surface area contributed by atoms with Gasteiger partial charge in [0.2, 0.25) is 0 Å². The fraction of sp³-hybridized carbons (Fsp3) is 0.364. The second-order valence-corrected chi connectivity index (χ2v) is 3.12. The van der Waals surface area contributed by atoms with E-state index < -0.39 is 5.97 Å². The Hall–Kier alpha value is -1.55. The van der Waals surface area contributed by atoms with E-state index >= 15 is 0 Å². The van der Waals surface area contributed by atoms with Gasteiger partial charge in [-0.15, -0.1) is 0 Å². The first-order chi connectivity index (χ1) is 7.19. The molecule has 0 atom stereocenters. The first kappa shape index (κ1) is 11.5. The summed E-state index contributed by atoms with van der Waals surface area (Å²) < 4.78 is 5.02. The molecule has 4 nitrogen and oxygen atoms in total. The predicted molar refractivity (Wildman–Crippen MR) is 57.3 cm³/mol. The van der Waals surface area contributed by atoms with E-state index in [4.69, 9.17) is 9.84 Å². The van der Waals surface area contributed by atoms with Crippen LogP contribution in [0, 0.1) is 0 Å². The lowest BCUT2D eigenvalue weighted by molar-refractivity contribution is 0.0693. The maximum absolute atomic E-state index is 10.8. The quantitative estimate of drug-likeness (QED) is 0.771. The fourth-order valence-electron chi connectivity index (χ4n) is 1.29. The van der Waals surface area contributed by atoms with E-state index in [9.17, 15) is 4.79 Å². The van der Waals surface area contributed by atoms with Gasteiger partial charge in [-0.1, -0.05) is 13.0 Å². The monoisotopic (exact) mass is 209 g/mol. The highest BCUT2D eigenvalue weighted by molar-refractivity contribution is 5.90. The molecule has 2 N–H and O–H groups in total. The van der Waals surface area contributed by atoms with Crippen molar-refractivity contribution < 1.29 is 14.6 Å². The number of ether oxygens (including phenoxy) is 1. The lowest BCUT2D eigenvalue weighted by Gasteiger charge is -2.08. The molecule has 15 heavy (non-hydrogen) atoms. The number of rotatable bonds is 5. The van der Waals surface area contributed by atoms with Crippen molar-refractivity contribution in [3.05, 3.63) is 29.3 Å². The molecule has 0 aliphatic rings. The average Bonchev–Trinajstić information content (AvgIpc) is 2.25. The summed E-state index contributed by atoms with van der Waals surface area (Å²) in [6.07, 6.45) is 0. The molecule has 0 aromatic heterocycles. The van der Waals surface area contributed by atoms with Crippen LogP contribution in [0.25, 0.3) is 0 Å². The van der Waals surface area contributed by atoms with Gasteiger partial charge in [-0.05, 0) is 24.2 Å². The van der Waals surface area contributed by atoms with Crippen LogP contribution in [-0.4, -0.2) is 24.7 Å². The molecule has 0 amide bonds. The van der Waals surface area contributed by atoms with Gasteiger partial charge in [-0.25, -0.2) is 4.79 Å². The maximum atomic E-state index is 10.8. The van der Waals surface area contributed by atoms with E-state index in [-0.39, 0.29) is 5.56 Å².